The number of aliphatic hydroxyl groups is 1. The number of hydrogen-bond donors (Lipinski definition) is 2. The molecule has 2 unspecified atom stereocenters. The summed E-state index contributed by atoms with van der Waals surface area (Å²) in [6.45, 7) is 0.202. The van der Waals surface area contributed by atoms with Gasteiger partial charge in [0.15, 0.2) is 0 Å². The average Bonchev–Trinajstić information content (AvgIpc) is 2.92. The molecule has 3 atom stereocenters. The topological polar surface area (TPSA) is 115 Å². The highest BCUT2D eigenvalue weighted by Crippen LogP contribution is 2.26. The minimum atomic E-state index is -3.50. The first-order chi connectivity index (χ1) is 9.21. The highest BCUT2D eigenvalue weighted by atomic mass is 32.2. The summed E-state index contributed by atoms with van der Waals surface area (Å²) in [5, 5.41) is 18.6. The molecule has 2 N–H and O–H groups in total. The summed E-state index contributed by atoms with van der Waals surface area (Å²) in [7, 11) is -3.50. The number of aliphatic carboxylic acids is 1. The van der Waals surface area contributed by atoms with Gasteiger partial charge in [0, 0.05) is 19.5 Å². The van der Waals surface area contributed by atoms with E-state index in [1.807, 2.05) is 0 Å². The van der Waals surface area contributed by atoms with Gasteiger partial charge in [0.25, 0.3) is 0 Å². The third-order valence-corrected chi connectivity index (χ3v) is 5.05. The van der Waals surface area contributed by atoms with E-state index in [-0.39, 0.29) is 19.5 Å². The quantitative estimate of drug-likeness (QED) is 0.653. The number of β-amino-alcohol motifs (C(OH)–C–C–N with tert-alkyl or cyclic N) is 1. The van der Waals surface area contributed by atoms with E-state index < -0.39 is 40.1 Å². The van der Waals surface area contributed by atoms with Crippen LogP contribution >= 0.6 is 0 Å². The minimum Gasteiger partial charge on any atom is -0.480 e. The van der Waals surface area contributed by atoms with E-state index in [2.05, 4.69) is 0 Å². The zero-order chi connectivity index (χ0) is 15.1. The fourth-order valence-corrected chi connectivity index (χ4v) is 3.99. The van der Waals surface area contributed by atoms with Gasteiger partial charge >= 0.3 is 5.97 Å². The fraction of sp³-hybridized carbons (Fsp3) is 0.818. The third-order valence-electron chi connectivity index (χ3n) is 3.76. The van der Waals surface area contributed by atoms with Crippen LogP contribution in [0.25, 0.3) is 0 Å². The molecule has 0 saturated carbocycles. The molecule has 0 radical (unpaired) electrons. The molecule has 2 saturated heterocycles. The van der Waals surface area contributed by atoms with E-state index in [1.54, 1.807) is 0 Å². The summed E-state index contributed by atoms with van der Waals surface area (Å²) in [5.41, 5.74) is 0. The van der Waals surface area contributed by atoms with Crippen molar-refractivity contribution >= 4 is 21.9 Å². The largest absolute Gasteiger partial charge is 0.480 e. The molecule has 2 aliphatic rings. The van der Waals surface area contributed by atoms with Gasteiger partial charge in [-0.05, 0) is 12.8 Å². The molecule has 9 heteroatoms. The molecule has 0 aromatic heterocycles. The maximum Gasteiger partial charge on any atom is 0.326 e. The first-order valence-corrected chi connectivity index (χ1v) is 8.25. The highest BCUT2D eigenvalue weighted by molar-refractivity contribution is 7.88. The number of carbonyl (C=O) groups excluding carboxylic acids is 1. The van der Waals surface area contributed by atoms with Crippen molar-refractivity contribution in [3.63, 3.8) is 0 Å². The molecule has 0 aliphatic carbocycles. The Kier molecular flexibility index (Phi) is 4.03. The van der Waals surface area contributed by atoms with Crippen molar-refractivity contribution in [2.24, 2.45) is 0 Å². The predicted molar refractivity (Wildman–Crippen MR) is 68.3 cm³/mol. The van der Waals surface area contributed by atoms with Crippen molar-refractivity contribution < 1.29 is 28.2 Å². The lowest BCUT2D eigenvalue weighted by molar-refractivity contribution is -0.149. The zero-order valence-corrected chi connectivity index (χ0v) is 11.9. The van der Waals surface area contributed by atoms with Crippen LogP contribution in [0.3, 0.4) is 0 Å². The van der Waals surface area contributed by atoms with E-state index in [1.165, 1.54) is 0 Å². The van der Waals surface area contributed by atoms with Crippen LogP contribution in [0.1, 0.15) is 19.3 Å². The maximum absolute atomic E-state index is 12.4. The Morgan fingerprint density at radius 3 is 2.45 bits per heavy atom. The van der Waals surface area contributed by atoms with Crippen molar-refractivity contribution in [2.45, 2.75) is 37.5 Å². The molecule has 2 aliphatic heterocycles. The summed E-state index contributed by atoms with van der Waals surface area (Å²) in [4.78, 5) is 24.6. The van der Waals surface area contributed by atoms with Crippen LogP contribution in [0.4, 0.5) is 0 Å². The molecule has 8 nitrogen and oxygen atoms in total. The third kappa shape index (κ3) is 2.79. The van der Waals surface area contributed by atoms with Crippen molar-refractivity contribution in [3.05, 3.63) is 0 Å². The van der Waals surface area contributed by atoms with E-state index in [9.17, 15) is 23.1 Å². The summed E-state index contributed by atoms with van der Waals surface area (Å²) in [6.07, 6.45) is 1.08. The SMILES string of the molecule is CS(=O)(=O)N1CCCC1C(=O)N1CC(O)C[C@H]1C(=O)O. The van der Waals surface area contributed by atoms with Crippen molar-refractivity contribution in [3.8, 4) is 0 Å². The van der Waals surface area contributed by atoms with Crippen LogP contribution in [0, 0.1) is 0 Å². The number of aliphatic hydroxyl groups excluding tert-OH is 1. The summed E-state index contributed by atoms with van der Waals surface area (Å²) in [6, 6.07) is -1.93. The lowest BCUT2D eigenvalue weighted by Gasteiger charge is -2.28. The van der Waals surface area contributed by atoms with Gasteiger partial charge in [0.1, 0.15) is 12.1 Å². The number of likely N-dealkylation sites (tertiary alicyclic amines) is 1. The molecule has 20 heavy (non-hydrogen) atoms. The molecular formula is C11H18N2O6S. The van der Waals surface area contributed by atoms with E-state index in [0.29, 0.717) is 12.8 Å². The predicted octanol–water partition coefficient (Wildman–Crippen LogP) is -1.54. The molecule has 0 spiro atoms. The summed E-state index contributed by atoms with van der Waals surface area (Å²) in [5.74, 6) is -1.71. The van der Waals surface area contributed by atoms with Gasteiger partial charge in [-0.3, -0.25) is 4.79 Å². The number of carboxylic acid groups (broad SMARTS) is 1. The average molecular weight is 306 g/mol. The zero-order valence-electron chi connectivity index (χ0n) is 11.1. The monoisotopic (exact) mass is 306 g/mol. The van der Waals surface area contributed by atoms with E-state index in [4.69, 9.17) is 5.11 Å². The smallest absolute Gasteiger partial charge is 0.326 e. The number of amides is 1. The highest BCUT2D eigenvalue weighted by Gasteiger charge is 2.45. The van der Waals surface area contributed by atoms with Crippen molar-refractivity contribution in [1.82, 2.24) is 9.21 Å². The lowest BCUT2D eigenvalue weighted by Crippen LogP contribution is -2.50. The second-order valence-electron chi connectivity index (χ2n) is 5.27. The van der Waals surface area contributed by atoms with Crippen molar-refractivity contribution in [1.29, 1.82) is 0 Å². The van der Waals surface area contributed by atoms with Crippen LogP contribution in [0.5, 0.6) is 0 Å². The Labute approximate surface area is 117 Å². The summed E-state index contributed by atoms with van der Waals surface area (Å²) < 4.78 is 24.4. The maximum atomic E-state index is 12.4. The first kappa shape index (κ1) is 15.2. The Morgan fingerprint density at radius 1 is 1.25 bits per heavy atom. The molecule has 0 bridgehead atoms. The molecule has 114 valence electrons. The van der Waals surface area contributed by atoms with Crippen LogP contribution in [0.15, 0.2) is 0 Å². The molecule has 0 aromatic carbocycles. The molecule has 2 fully saturated rings. The van der Waals surface area contributed by atoms with Gasteiger partial charge in [-0.1, -0.05) is 0 Å². The van der Waals surface area contributed by atoms with E-state index in [0.717, 1.165) is 15.5 Å². The van der Waals surface area contributed by atoms with Crippen LogP contribution < -0.4 is 0 Å². The molecule has 2 rings (SSSR count). The van der Waals surface area contributed by atoms with Gasteiger partial charge < -0.3 is 15.1 Å². The first-order valence-electron chi connectivity index (χ1n) is 6.40. The van der Waals surface area contributed by atoms with Crippen molar-refractivity contribution in [2.75, 3.05) is 19.3 Å². The second-order valence-corrected chi connectivity index (χ2v) is 7.20. The Hall–Kier alpha value is -1.19. The second kappa shape index (κ2) is 5.30. The number of sulfonamides is 1. The lowest BCUT2D eigenvalue weighted by atomic mass is 10.1. The fourth-order valence-electron chi connectivity index (χ4n) is 2.87. The van der Waals surface area contributed by atoms with Crippen LogP contribution in [-0.2, 0) is 19.6 Å². The Balaban J connectivity index is 2.20. The Bertz CT molecular complexity index is 519. The number of carboxylic acids is 1. The number of nitrogens with zero attached hydrogens (tertiary/aromatic N) is 2. The van der Waals surface area contributed by atoms with Gasteiger partial charge in [-0.15, -0.1) is 0 Å². The van der Waals surface area contributed by atoms with Crippen LogP contribution in [0.2, 0.25) is 0 Å². The minimum absolute atomic E-state index is 0.0212. The molecule has 2 heterocycles. The van der Waals surface area contributed by atoms with Gasteiger partial charge in [0.05, 0.1) is 12.4 Å². The summed E-state index contributed by atoms with van der Waals surface area (Å²) >= 11 is 0. The molecular weight excluding hydrogens is 288 g/mol. The van der Waals surface area contributed by atoms with Gasteiger partial charge in [-0.2, -0.15) is 4.31 Å². The van der Waals surface area contributed by atoms with Gasteiger partial charge in [-0.25, -0.2) is 13.2 Å². The number of hydrogen-bond acceptors (Lipinski definition) is 5. The number of rotatable bonds is 3. The normalized spacial score (nSPS) is 31.7. The van der Waals surface area contributed by atoms with E-state index >= 15 is 0 Å². The van der Waals surface area contributed by atoms with Crippen LogP contribution in [-0.4, -0.2) is 77.2 Å². The Morgan fingerprint density at radius 2 is 1.90 bits per heavy atom. The standard InChI is InChI=1S/C11H18N2O6S/c1-20(18,19)13-4-2-3-8(13)10(15)12-6-7(14)5-9(12)11(16)17/h7-9,14H,2-6H2,1H3,(H,16,17)/t7?,8?,9-/m0/s1. The number of carbonyl (C=O) groups is 2. The van der Waals surface area contributed by atoms with Gasteiger partial charge in [0.2, 0.25) is 15.9 Å². The molecule has 0 aromatic rings. The molecule has 1 amide bonds.